The van der Waals surface area contributed by atoms with Crippen molar-refractivity contribution >= 4 is 27.5 Å². The highest BCUT2D eigenvalue weighted by Gasteiger charge is 2.34. The highest BCUT2D eigenvalue weighted by atomic mass is 32.2. The molecule has 3 rings (SSSR count). The normalized spacial score (nSPS) is 12.1. The predicted molar refractivity (Wildman–Crippen MR) is 158 cm³/mol. The molecule has 0 aliphatic rings. The Morgan fingerprint density at radius 2 is 1.48 bits per heavy atom. The van der Waals surface area contributed by atoms with Gasteiger partial charge < -0.3 is 15.0 Å². The van der Waals surface area contributed by atoms with Gasteiger partial charge in [-0.05, 0) is 63.9 Å². The molecule has 3 aromatic rings. The molecule has 9 heteroatoms. The summed E-state index contributed by atoms with van der Waals surface area (Å²) in [6.45, 7) is 9.01. The molecule has 0 unspecified atom stereocenters. The van der Waals surface area contributed by atoms with Crippen molar-refractivity contribution < 1.29 is 22.7 Å². The Balaban J connectivity index is 2.09. The molecule has 0 aliphatic heterocycles. The van der Waals surface area contributed by atoms with Gasteiger partial charge >= 0.3 is 0 Å². The first kappa shape index (κ1) is 30.7. The second-order valence-electron chi connectivity index (χ2n) is 10.1. The largest absolute Gasteiger partial charge is 0.495 e. The number of methoxy groups -OCH3 is 1. The van der Waals surface area contributed by atoms with Gasteiger partial charge in [0.2, 0.25) is 11.8 Å². The van der Waals surface area contributed by atoms with Crippen molar-refractivity contribution in [3.05, 3.63) is 89.5 Å². The summed E-state index contributed by atoms with van der Waals surface area (Å²) in [6.07, 6.45) is 0.357. The maximum absolute atomic E-state index is 14.1. The molecule has 0 fully saturated rings. The number of ether oxygens (including phenoxy) is 1. The predicted octanol–water partition coefficient (Wildman–Crippen LogP) is 4.84. The van der Waals surface area contributed by atoms with Crippen LogP contribution in [0, 0.1) is 13.8 Å². The summed E-state index contributed by atoms with van der Waals surface area (Å²) < 4.78 is 34.6. The van der Waals surface area contributed by atoms with Crippen LogP contribution in [0.5, 0.6) is 5.75 Å². The molecule has 0 radical (unpaired) electrons. The Bertz CT molecular complexity index is 1400. The van der Waals surface area contributed by atoms with Gasteiger partial charge in [0.25, 0.3) is 10.0 Å². The first-order valence-electron chi connectivity index (χ1n) is 13.4. The summed E-state index contributed by atoms with van der Waals surface area (Å²) in [5.41, 5.74) is 3.04. The van der Waals surface area contributed by atoms with E-state index in [1.165, 1.54) is 24.1 Å². The number of hydrogen-bond acceptors (Lipinski definition) is 5. The van der Waals surface area contributed by atoms with Crippen LogP contribution in [0.2, 0.25) is 0 Å². The maximum atomic E-state index is 14.1. The molecule has 0 spiro atoms. The summed E-state index contributed by atoms with van der Waals surface area (Å²) in [5.74, 6) is -0.489. The van der Waals surface area contributed by atoms with E-state index in [2.05, 4.69) is 5.32 Å². The minimum Gasteiger partial charge on any atom is -0.495 e. The first-order chi connectivity index (χ1) is 19.0. The van der Waals surface area contributed by atoms with Crippen molar-refractivity contribution in [3.8, 4) is 5.75 Å². The zero-order valence-electron chi connectivity index (χ0n) is 24.0. The molecule has 1 N–H and O–H groups in total. The smallest absolute Gasteiger partial charge is 0.264 e. The minimum absolute atomic E-state index is 0.0477. The Hall–Kier alpha value is -3.85. The number of carbonyl (C=O) groups is 2. The highest BCUT2D eigenvalue weighted by Crippen LogP contribution is 2.32. The summed E-state index contributed by atoms with van der Waals surface area (Å²) in [4.78, 5) is 28.9. The van der Waals surface area contributed by atoms with Crippen LogP contribution in [0.25, 0.3) is 0 Å². The molecule has 1 atom stereocenters. The second-order valence-corrected chi connectivity index (χ2v) is 12.0. The van der Waals surface area contributed by atoms with Gasteiger partial charge in [0.1, 0.15) is 18.3 Å². The fourth-order valence-electron chi connectivity index (χ4n) is 4.38. The Kier molecular flexibility index (Phi) is 10.3. The van der Waals surface area contributed by atoms with Crippen LogP contribution in [-0.2, 0) is 26.2 Å². The number of rotatable bonds is 12. The molecule has 40 heavy (non-hydrogen) atoms. The van der Waals surface area contributed by atoms with Gasteiger partial charge in [-0.2, -0.15) is 0 Å². The molecule has 0 saturated heterocycles. The zero-order valence-corrected chi connectivity index (χ0v) is 24.9. The lowest BCUT2D eigenvalue weighted by atomic mass is 10.1. The fourth-order valence-corrected chi connectivity index (χ4v) is 5.80. The molecule has 214 valence electrons. The first-order valence-corrected chi connectivity index (χ1v) is 14.8. The van der Waals surface area contributed by atoms with Gasteiger partial charge in [-0.25, -0.2) is 8.42 Å². The number of nitrogens with zero attached hydrogens (tertiary/aromatic N) is 2. The average molecular weight is 566 g/mol. The van der Waals surface area contributed by atoms with Crippen LogP contribution in [0.4, 0.5) is 5.69 Å². The van der Waals surface area contributed by atoms with Crippen molar-refractivity contribution in [2.45, 2.75) is 64.6 Å². The van der Waals surface area contributed by atoms with Crippen LogP contribution in [0.3, 0.4) is 0 Å². The third-order valence-corrected chi connectivity index (χ3v) is 8.31. The Morgan fingerprint density at radius 3 is 2.02 bits per heavy atom. The number of carbonyl (C=O) groups excluding carboxylic acids is 2. The molecule has 0 bridgehead atoms. The molecular weight excluding hydrogens is 526 g/mol. The van der Waals surface area contributed by atoms with Gasteiger partial charge in [0, 0.05) is 12.6 Å². The third-order valence-electron chi connectivity index (χ3n) is 6.53. The number of sulfonamides is 1. The van der Waals surface area contributed by atoms with Crippen molar-refractivity contribution in [1.82, 2.24) is 10.2 Å². The van der Waals surface area contributed by atoms with Crippen molar-refractivity contribution in [2.75, 3.05) is 18.0 Å². The van der Waals surface area contributed by atoms with Crippen molar-refractivity contribution in [3.63, 3.8) is 0 Å². The van der Waals surface area contributed by atoms with E-state index < -0.39 is 28.5 Å². The van der Waals surface area contributed by atoms with Crippen LogP contribution in [-0.4, -0.2) is 50.9 Å². The van der Waals surface area contributed by atoms with E-state index in [-0.39, 0.29) is 29.1 Å². The molecule has 3 aromatic carbocycles. The molecule has 2 amide bonds. The number of amides is 2. The van der Waals surface area contributed by atoms with Crippen molar-refractivity contribution in [2.24, 2.45) is 0 Å². The van der Waals surface area contributed by atoms with Gasteiger partial charge in [0.05, 0.1) is 17.7 Å². The molecule has 8 nitrogen and oxygen atoms in total. The Labute approximate surface area is 238 Å². The molecule has 0 heterocycles. The quantitative estimate of drug-likeness (QED) is 0.339. The topological polar surface area (TPSA) is 96.0 Å². The number of aryl methyl sites for hydroxylation is 2. The van der Waals surface area contributed by atoms with Crippen LogP contribution < -0.4 is 14.4 Å². The van der Waals surface area contributed by atoms with E-state index in [1.54, 1.807) is 36.4 Å². The molecular formula is C31H39N3O5S. The maximum Gasteiger partial charge on any atom is 0.264 e. The summed E-state index contributed by atoms with van der Waals surface area (Å²) in [5, 5.41) is 2.90. The third kappa shape index (κ3) is 7.41. The summed E-state index contributed by atoms with van der Waals surface area (Å²) in [7, 11) is -2.73. The second kappa shape index (κ2) is 13.5. The Morgan fingerprint density at radius 1 is 0.900 bits per heavy atom. The average Bonchev–Trinajstić information content (AvgIpc) is 2.92. The van der Waals surface area contributed by atoms with Crippen LogP contribution >= 0.6 is 0 Å². The van der Waals surface area contributed by atoms with Gasteiger partial charge in [-0.1, -0.05) is 66.6 Å². The SMILES string of the molecule is CC[C@@H](C(=O)NC(C)C)N(Cc1ccc(C)cc1)C(=O)CN(c1ccccc1OC)S(=O)(=O)c1ccc(C)cc1. The van der Waals surface area contributed by atoms with E-state index in [0.29, 0.717) is 12.2 Å². The molecule has 0 aliphatic carbocycles. The number of para-hydroxylation sites is 2. The van der Waals surface area contributed by atoms with E-state index >= 15 is 0 Å². The lowest BCUT2D eigenvalue weighted by Gasteiger charge is -2.34. The van der Waals surface area contributed by atoms with Gasteiger partial charge in [0.15, 0.2) is 0 Å². The van der Waals surface area contributed by atoms with E-state index in [1.807, 2.05) is 58.9 Å². The van der Waals surface area contributed by atoms with Crippen LogP contribution in [0.1, 0.15) is 43.9 Å². The summed E-state index contributed by atoms with van der Waals surface area (Å²) >= 11 is 0. The number of anilines is 1. The van der Waals surface area contributed by atoms with E-state index in [4.69, 9.17) is 4.74 Å². The highest BCUT2D eigenvalue weighted by molar-refractivity contribution is 7.92. The minimum atomic E-state index is -4.18. The lowest BCUT2D eigenvalue weighted by Crippen LogP contribution is -2.53. The number of hydrogen-bond donors (Lipinski definition) is 1. The standard InChI is InChI=1S/C31H39N3O5S/c1-7-27(31(36)32-22(2)3)33(20-25-16-12-23(4)13-17-25)30(35)21-34(28-10-8-9-11-29(28)39-6)40(37,38)26-18-14-24(5)15-19-26/h8-19,22,27H,7,20-21H2,1-6H3,(H,32,36)/t27-/m0/s1. The zero-order chi connectivity index (χ0) is 29.4. The van der Waals surface area contributed by atoms with Crippen molar-refractivity contribution in [1.29, 1.82) is 0 Å². The number of nitrogens with one attached hydrogen (secondary N) is 1. The fraction of sp³-hybridized carbons (Fsp3) is 0.355. The molecule has 0 aromatic heterocycles. The number of benzene rings is 3. The van der Waals surface area contributed by atoms with Gasteiger partial charge in [-0.3, -0.25) is 13.9 Å². The molecule has 0 saturated carbocycles. The van der Waals surface area contributed by atoms with Gasteiger partial charge in [-0.15, -0.1) is 0 Å². The monoisotopic (exact) mass is 565 g/mol. The lowest BCUT2D eigenvalue weighted by molar-refractivity contribution is -0.140. The summed E-state index contributed by atoms with van der Waals surface area (Å²) in [6, 6.07) is 19.9. The van der Waals surface area contributed by atoms with Crippen LogP contribution in [0.15, 0.2) is 77.7 Å². The van der Waals surface area contributed by atoms with E-state index in [0.717, 1.165) is 21.0 Å². The van der Waals surface area contributed by atoms with E-state index in [9.17, 15) is 18.0 Å².